The maximum absolute atomic E-state index is 12.6. The van der Waals surface area contributed by atoms with Gasteiger partial charge in [-0.2, -0.15) is 0 Å². The Morgan fingerprint density at radius 3 is 2.52 bits per heavy atom. The van der Waals surface area contributed by atoms with E-state index < -0.39 is 6.09 Å². The predicted octanol–water partition coefficient (Wildman–Crippen LogP) is 5.24. The average molecular weight is 387 g/mol. The molecule has 0 radical (unpaired) electrons. The number of benzene rings is 2. The third kappa shape index (κ3) is 3.75. The average Bonchev–Trinajstić information content (AvgIpc) is 3.00. The summed E-state index contributed by atoms with van der Waals surface area (Å²) in [7, 11) is 1.62. The molecule has 1 heterocycles. The Balaban J connectivity index is 1.78. The van der Waals surface area contributed by atoms with Crippen LogP contribution < -0.4 is 10.2 Å². The largest absolute Gasteiger partial charge is 0.449 e. The zero-order chi connectivity index (χ0) is 19.6. The molecule has 140 valence electrons. The highest BCUT2D eigenvalue weighted by molar-refractivity contribution is 6.35. The molecule has 0 unspecified atom stereocenters. The number of para-hydroxylation sites is 1. The van der Waals surface area contributed by atoms with Crippen LogP contribution in [0.3, 0.4) is 0 Å². The van der Waals surface area contributed by atoms with E-state index in [0.717, 1.165) is 10.9 Å². The smallest absolute Gasteiger partial charge is 0.413 e. The van der Waals surface area contributed by atoms with E-state index in [-0.39, 0.29) is 11.7 Å². The van der Waals surface area contributed by atoms with Crippen LogP contribution in [0.1, 0.15) is 23.0 Å². The Morgan fingerprint density at radius 2 is 1.89 bits per heavy atom. The van der Waals surface area contributed by atoms with Crippen LogP contribution in [0.2, 0.25) is 5.02 Å². The molecule has 0 aliphatic heterocycles. The second-order valence-corrected chi connectivity index (χ2v) is 6.34. The Kier molecular flexibility index (Phi) is 5.37. The molecule has 27 heavy (non-hydrogen) atoms. The van der Waals surface area contributed by atoms with Crippen LogP contribution in [0.4, 0.5) is 16.2 Å². The van der Waals surface area contributed by atoms with Crippen LogP contribution in [0.5, 0.6) is 0 Å². The maximum atomic E-state index is 12.6. The number of carbonyl (C=O) groups excluding carboxylic acids is 2. The predicted molar refractivity (Wildman–Crippen MR) is 106 cm³/mol. The van der Waals surface area contributed by atoms with E-state index in [9.17, 15) is 9.59 Å². The van der Waals surface area contributed by atoms with Crippen LogP contribution in [0.25, 0.3) is 11.0 Å². The summed E-state index contributed by atoms with van der Waals surface area (Å²) >= 11 is 6.13. The summed E-state index contributed by atoms with van der Waals surface area (Å²) in [6, 6.07) is 12.2. The summed E-state index contributed by atoms with van der Waals surface area (Å²) in [5.41, 5.74) is 2.45. The summed E-state index contributed by atoms with van der Waals surface area (Å²) in [5.74, 6) is -0.155. The van der Waals surface area contributed by atoms with Gasteiger partial charge in [0.05, 0.1) is 11.6 Å². The number of fused-ring (bicyclic) bond motifs is 1. The maximum Gasteiger partial charge on any atom is 0.413 e. The van der Waals surface area contributed by atoms with Gasteiger partial charge in [-0.25, -0.2) is 4.79 Å². The van der Waals surface area contributed by atoms with Gasteiger partial charge in [0.25, 0.3) is 5.91 Å². The lowest BCUT2D eigenvalue weighted by atomic mass is 10.1. The SMILES string of the molecule is CCOC(=O)N(C)c1ccc(NC(=O)c2oc3c(Cl)cccc3c2C)cc1. The normalized spacial score (nSPS) is 10.7. The van der Waals surface area contributed by atoms with Gasteiger partial charge in [0, 0.05) is 29.4 Å². The van der Waals surface area contributed by atoms with E-state index in [2.05, 4.69) is 5.32 Å². The minimum absolute atomic E-state index is 0.214. The van der Waals surface area contributed by atoms with Crippen LogP contribution in [0, 0.1) is 6.92 Å². The highest BCUT2D eigenvalue weighted by Crippen LogP contribution is 2.31. The van der Waals surface area contributed by atoms with Crippen molar-refractivity contribution in [2.45, 2.75) is 13.8 Å². The second-order valence-electron chi connectivity index (χ2n) is 5.93. The highest BCUT2D eigenvalue weighted by Gasteiger charge is 2.19. The first-order valence-electron chi connectivity index (χ1n) is 8.42. The molecule has 3 rings (SSSR count). The number of anilines is 2. The number of halogens is 1. The number of nitrogens with zero attached hydrogens (tertiary/aromatic N) is 1. The molecular weight excluding hydrogens is 368 g/mol. The molecule has 0 aliphatic rings. The van der Waals surface area contributed by atoms with E-state index in [1.807, 2.05) is 19.1 Å². The second kappa shape index (κ2) is 7.72. The summed E-state index contributed by atoms with van der Waals surface area (Å²) in [6.45, 7) is 3.87. The topological polar surface area (TPSA) is 71.8 Å². The van der Waals surface area contributed by atoms with Crippen LogP contribution in [0.15, 0.2) is 46.9 Å². The summed E-state index contributed by atoms with van der Waals surface area (Å²) in [6.07, 6.45) is -0.441. The lowest BCUT2D eigenvalue weighted by Crippen LogP contribution is -2.26. The van der Waals surface area contributed by atoms with E-state index in [4.69, 9.17) is 20.8 Å². The number of nitrogens with one attached hydrogen (secondary N) is 1. The van der Waals surface area contributed by atoms with Crippen molar-refractivity contribution in [2.24, 2.45) is 0 Å². The highest BCUT2D eigenvalue weighted by atomic mass is 35.5. The Hall–Kier alpha value is -2.99. The Morgan fingerprint density at radius 1 is 1.19 bits per heavy atom. The van der Waals surface area contributed by atoms with E-state index >= 15 is 0 Å². The molecule has 7 heteroatoms. The zero-order valence-corrected chi connectivity index (χ0v) is 16.0. The van der Waals surface area contributed by atoms with Crippen molar-refractivity contribution in [1.82, 2.24) is 0 Å². The van der Waals surface area contributed by atoms with E-state index in [0.29, 0.717) is 28.6 Å². The van der Waals surface area contributed by atoms with Gasteiger partial charge >= 0.3 is 6.09 Å². The van der Waals surface area contributed by atoms with Gasteiger partial charge in [0.2, 0.25) is 0 Å². The van der Waals surface area contributed by atoms with Gasteiger partial charge in [-0.1, -0.05) is 23.7 Å². The molecule has 2 amide bonds. The van der Waals surface area contributed by atoms with Crippen molar-refractivity contribution in [3.63, 3.8) is 0 Å². The molecule has 0 spiro atoms. The number of aryl methyl sites for hydroxylation is 1. The number of hydrogen-bond acceptors (Lipinski definition) is 4. The van der Waals surface area contributed by atoms with Crippen molar-refractivity contribution >= 4 is 45.9 Å². The van der Waals surface area contributed by atoms with Gasteiger partial charge < -0.3 is 14.5 Å². The molecule has 0 saturated carbocycles. The molecule has 0 saturated heterocycles. The third-order valence-corrected chi connectivity index (χ3v) is 4.47. The number of amides is 2. The molecule has 6 nitrogen and oxygen atoms in total. The summed E-state index contributed by atoms with van der Waals surface area (Å²) < 4.78 is 10.6. The molecule has 1 N–H and O–H groups in total. The summed E-state index contributed by atoms with van der Waals surface area (Å²) in [4.78, 5) is 25.7. The van der Waals surface area contributed by atoms with Crippen LogP contribution in [-0.2, 0) is 4.74 Å². The number of rotatable bonds is 4. The van der Waals surface area contributed by atoms with Gasteiger partial charge in [0.1, 0.15) is 0 Å². The number of ether oxygens (including phenoxy) is 1. The van der Waals surface area contributed by atoms with Crippen LogP contribution >= 0.6 is 11.6 Å². The van der Waals surface area contributed by atoms with Gasteiger partial charge in [-0.15, -0.1) is 0 Å². The first kappa shape index (κ1) is 18.8. The number of furan rings is 1. The first-order chi connectivity index (χ1) is 12.9. The minimum Gasteiger partial charge on any atom is -0.449 e. The molecule has 0 aliphatic carbocycles. The number of hydrogen-bond donors (Lipinski definition) is 1. The Labute approximate surface area is 161 Å². The first-order valence-corrected chi connectivity index (χ1v) is 8.79. The molecular formula is C20H19ClN2O4. The molecule has 0 atom stereocenters. The van der Waals surface area contributed by atoms with Crippen molar-refractivity contribution in [1.29, 1.82) is 0 Å². The fraction of sp³-hybridized carbons (Fsp3) is 0.200. The van der Waals surface area contributed by atoms with Crippen molar-refractivity contribution in [3.8, 4) is 0 Å². The van der Waals surface area contributed by atoms with Crippen molar-refractivity contribution < 1.29 is 18.7 Å². The van der Waals surface area contributed by atoms with Crippen molar-refractivity contribution in [3.05, 3.63) is 58.8 Å². The van der Waals surface area contributed by atoms with Gasteiger partial charge in [0.15, 0.2) is 11.3 Å². The molecule has 2 aromatic carbocycles. The lowest BCUT2D eigenvalue weighted by molar-refractivity contribution is 0.0998. The molecule has 1 aromatic heterocycles. The van der Waals surface area contributed by atoms with E-state index in [1.165, 1.54) is 4.90 Å². The summed E-state index contributed by atoms with van der Waals surface area (Å²) in [5, 5.41) is 4.05. The van der Waals surface area contributed by atoms with Gasteiger partial charge in [-0.3, -0.25) is 9.69 Å². The Bertz CT molecular complexity index is 995. The molecule has 0 fully saturated rings. The fourth-order valence-electron chi connectivity index (χ4n) is 2.71. The fourth-order valence-corrected chi connectivity index (χ4v) is 2.92. The minimum atomic E-state index is -0.441. The molecule has 3 aromatic rings. The van der Waals surface area contributed by atoms with Gasteiger partial charge in [-0.05, 0) is 44.2 Å². The molecule has 0 bridgehead atoms. The standard InChI is InChI=1S/C20H19ClN2O4/c1-4-26-20(25)23(3)14-10-8-13(9-11-14)22-19(24)17-12(2)15-6-5-7-16(21)18(15)27-17/h5-11H,4H2,1-3H3,(H,22,24). The zero-order valence-electron chi connectivity index (χ0n) is 15.2. The van der Waals surface area contributed by atoms with Crippen LogP contribution in [-0.4, -0.2) is 25.7 Å². The quantitative estimate of drug-likeness (QED) is 0.665. The monoisotopic (exact) mass is 386 g/mol. The van der Waals surface area contributed by atoms with Crippen molar-refractivity contribution in [2.75, 3.05) is 23.9 Å². The number of carbonyl (C=O) groups is 2. The van der Waals surface area contributed by atoms with E-state index in [1.54, 1.807) is 44.3 Å². The lowest BCUT2D eigenvalue weighted by Gasteiger charge is -2.16. The third-order valence-electron chi connectivity index (χ3n) is 4.18.